The van der Waals surface area contributed by atoms with Gasteiger partial charge in [0.15, 0.2) is 0 Å². The number of hydrogen-bond acceptors (Lipinski definition) is 4. The van der Waals surface area contributed by atoms with Crippen LogP contribution in [-0.4, -0.2) is 29.3 Å². The summed E-state index contributed by atoms with van der Waals surface area (Å²) in [6.45, 7) is 0.488. The maximum Gasteiger partial charge on any atom is 0.264 e. The highest BCUT2D eigenvalue weighted by atomic mass is 32.1. The summed E-state index contributed by atoms with van der Waals surface area (Å²) >= 11 is 2.96. The summed E-state index contributed by atoms with van der Waals surface area (Å²) in [4.78, 5) is 30.4. The summed E-state index contributed by atoms with van der Waals surface area (Å²) in [6, 6.07) is 17.4. The molecular weight excluding hydrogens is 424 g/mol. The fourth-order valence-electron chi connectivity index (χ4n) is 4.18. The number of thiophene rings is 2. The highest BCUT2D eigenvalue weighted by Gasteiger charge is 2.34. The van der Waals surface area contributed by atoms with E-state index >= 15 is 0 Å². The highest BCUT2D eigenvalue weighted by Crippen LogP contribution is 2.29. The van der Waals surface area contributed by atoms with Gasteiger partial charge in [-0.3, -0.25) is 9.59 Å². The maximum atomic E-state index is 13.5. The molecule has 2 heterocycles. The molecule has 1 aliphatic carbocycles. The molecule has 0 saturated heterocycles. The Morgan fingerprint density at radius 3 is 2.35 bits per heavy atom. The van der Waals surface area contributed by atoms with Crippen LogP contribution in [0.1, 0.15) is 58.3 Å². The first-order chi connectivity index (χ1) is 15.2. The van der Waals surface area contributed by atoms with Gasteiger partial charge in [-0.2, -0.15) is 0 Å². The summed E-state index contributed by atoms with van der Waals surface area (Å²) < 4.78 is 0. The van der Waals surface area contributed by atoms with Crippen molar-refractivity contribution in [2.75, 3.05) is 6.54 Å². The molecule has 4 rings (SSSR count). The van der Waals surface area contributed by atoms with Gasteiger partial charge in [0.25, 0.3) is 5.91 Å². The zero-order valence-electron chi connectivity index (χ0n) is 17.5. The van der Waals surface area contributed by atoms with Gasteiger partial charge in [-0.15, -0.1) is 22.7 Å². The van der Waals surface area contributed by atoms with E-state index in [1.165, 1.54) is 29.1 Å². The molecule has 1 atom stereocenters. The Balaban J connectivity index is 1.61. The third-order valence-corrected chi connectivity index (χ3v) is 7.58. The lowest BCUT2D eigenvalue weighted by molar-refractivity contribution is -0.126. The summed E-state index contributed by atoms with van der Waals surface area (Å²) in [5, 5.41) is 7.14. The predicted octanol–water partition coefficient (Wildman–Crippen LogP) is 5.68. The van der Waals surface area contributed by atoms with E-state index in [-0.39, 0.29) is 17.9 Å². The lowest BCUT2D eigenvalue weighted by Gasteiger charge is -2.32. The SMILES string of the molecule is O=C(NC1CCCCC1)[C@@H](c1cccs1)N(CCc1ccccc1)C(=O)c1cccs1. The smallest absolute Gasteiger partial charge is 0.264 e. The molecule has 162 valence electrons. The van der Waals surface area contributed by atoms with Crippen molar-refractivity contribution < 1.29 is 9.59 Å². The first-order valence-corrected chi connectivity index (χ1v) is 12.7. The van der Waals surface area contributed by atoms with Gasteiger partial charge in [0.05, 0.1) is 4.88 Å². The van der Waals surface area contributed by atoms with Crippen LogP contribution < -0.4 is 5.32 Å². The Kier molecular flexibility index (Phi) is 7.54. The third kappa shape index (κ3) is 5.63. The average molecular weight is 453 g/mol. The molecule has 0 radical (unpaired) electrons. The molecule has 0 bridgehead atoms. The van der Waals surface area contributed by atoms with E-state index in [1.807, 2.05) is 53.2 Å². The Bertz CT molecular complexity index is 949. The molecule has 1 aliphatic rings. The van der Waals surface area contributed by atoms with Crippen molar-refractivity contribution in [3.63, 3.8) is 0 Å². The van der Waals surface area contributed by atoms with Crippen LogP contribution in [0.25, 0.3) is 0 Å². The van der Waals surface area contributed by atoms with Crippen LogP contribution >= 0.6 is 22.7 Å². The van der Waals surface area contributed by atoms with Crippen LogP contribution in [0, 0.1) is 0 Å². The molecule has 0 spiro atoms. The number of benzene rings is 1. The number of carbonyl (C=O) groups is 2. The largest absolute Gasteiger partial charge is 0.351 e. The van der Waals surface area contributed by atoms with Gasteiger partial charge in [-0.05, 0) is 47.7 Å². The van der Waals surface area contributed by atoms with Gasteiger partial charge < -0.3 is 10.2 Å². The Morgan fingerprint density at radius 1 is 0.935 bits per heavy atom. The lowest BCUT2D eigenvalue weighted by Crippen LogP contribution is -2.47. The van der Waals surface area contributed by atoms with E-state index in [4.69, 9.17) is 0 Å². The van der Waals surface area contributed by atoms with Crippen LogP contribution in [0.4, 0.5) is 0 Å². The minimum Gasteiger partial charge on any atom is -0.351 e. The first kappa shape index (κ1) is 21.8. The van der Waals surface area contributed by atoms with Gasteiger partial charge >= 0.3 is 0 Å². The van der Waals surface area contributed by atoms with E-state index in [1.54, 1.807) is 4.90 Å². The highest BCUT2D eigenvalue weighted by molar-refractivity contribution is 7.12. The Morgan fingerprint density at radius 2 is 1.68 bits per heavy atom. The summed E-state index contributed by atoms with van der Waals surface area (Å²) in [5.74, 6) is -0.143. The molecule has 2 aromatic heterocycles. The van der Waals surface area contributed by atoms with Crippen molar-refractivity contribution in [1.29, 1.82) is 0 Å². The molecule has 1 N–H and O–H groups in total. The molecule has 0 unspecified atom stereocenters. The second kappa shape index (κ2) is 10.7. The Hall–Kier alpha value is -2.44. The molecular formula is C25H28N2O2S2. The number of rotatable bonds is 8. The van der Waals surface area contributed by atoms with Gasteiger partial charge in [-0.1, -0.05) is 61.7 Å². The quantitative estimate of drug-likeness (QED) is 0.478. The summed E-state index contributed by atoms with van der Waals surface area (Å²) in [5.41, 5.74) is 1.16. The normalized spacial score (nSPS) is 15.4. The predicted molar refractivity (Wildman–Crippen MR) is 128 cm³/mol. The van der Waals surface area contributed by atoms with Crippen molar-refractivity contribution in [1.82, 2.24) is 10.2 Å². The molecule has 1 saturated carbocycles. The fourth-order valence-corrected chi connectivity index (χ4v) is 5.70. The number of nitrogens with one attached hydrogen (secondary N) is 1. The van der Waals surface area contributed by atoms with Gasteiger partial charge in [0, 0.05) is 17.5 Å². The van der Waals surface area contributed by atoms with Crippen molar-refractivity contribution >= 4 is 34.5 Å². The molecule has 31 heavy (non-hydrogen) atoms. The van der Waals surface area contributed by atoms with Gasteiger partial charge in [0.1, 0.15) is 6.04 Å². The van der Waals surface area contributed by atoms with Crippen LogP contribution in [0.2, 0.25) is 0 Å². The van der Waals surface area contributed by atoms with Crippen LogP contribution in [0.3, 0.4) is 0 Å². The number of nitrogens with zero attached hydrogens (tertiary/aromatic N) is 1. The molecule has 4 nitrogen and oxygen atoms in total. The second-order valence-corrected chi connectivity index (χ2v) is 9.90. The lowest BCUT2D eigenvalue weighted by atomic mass is 9.95. The van der Waals surface area contributed by atoms with Gasteiger partial charge in [-0.25, -0.2) is 0 Å². The molecule has 3 aromatic rings. The zero-order valence-corrected chi connectivity index (χ0v) is 19.2. The van der Waals surface area contributed by atoms with Crippen LogP contribution in [-0.2, 0) is 11.2 Å². The van der Waals surface area contributed by atoms with Crippen molar-refractivity contribution in [2.24, 2.45) is 0 Å². The molecule has 0 aliphatic heterocycles. The van der Waals surface area contributed by atoms with Crippen LogP contribution in [0.15, 0.2) is 65.4 Å². The average Bonchev–Trinajstić information content (AvgIpc) is 3.52. The van der Waals surface area contributed by atoms with Crippen LogP contribution in [0.5, 0.6) is 0 Å². The van der Waals surface area contributed by atoms with Gasteiger partial charge in [0.2, 0.25) is 5.91 Å². The molecule has 1 fully saturated rings. The molecule has 2 amide bonds. The number of carbonyl (C=O) groups excluding carboxylic acids is 2. The van der Waals surface area contributed by atoms with Crippen molar-refractivity contribution in [3.8, 4) is 0 Å². The minimum absolute atomic E-state index is 0.0627. The molecule has 1 aromatic carbocycles. The second-order valence-electron chi connectivity index (χ2n) is 7.97. The standard InChI is InChI=1S/C25H28N2O2S2/c28-24(26-20-11-5-2-6-12-20)23(21-13-7-17-30-21)27(25(29)22-14-8-18-31-22)16-15-19-9-3-1-4-10-19/h1,3-4,7-10,13-14,17-18,20,23H,2,5-6,11-12,15-16H2,(H,26,28)/t23-/m1/s1. The van der Waals surface area contributed by atoms with E-state index in [0.29, 0.717) is 17.8 Å². The summed E-state index contributed by atoms with van der Waals surface area (Å²) in [6.07, 6.45) is 6.29. The first-order valence-electron chi connectivity index (χ1n) is 10.9. The minimum atomic E-state index is -0.611. The van der Waals surface area contributed by atoms with Crippen molar-refractivity contribution in [3.05, 3.63) is 80.7 Å². The zero-order chi connectivity index (χ0) is 21.5. The van der Waals surface area contributed by atoms with E-state index in [0.717, 1.165) is 36.1 Å². The van der Waals surface area contributed by atoms with E-state index in [9.17, 15) is 9.59 Å². The number of hydrogen-bond donors (Lipinski definition) is 1. The fraction of sp³-hybridized carbons (Fsp3) is 0.360. The maximum absolute atomic E-state index is 13.5. The third-order valence-electron chi connectivity index (χ3n) is 5.80. The van der Waals surface area contributed by atoms with E-state index in [2.05, 4.69) is 17.4 Å². The summed E-state index contributed by atoms with van der Waals surface area (Å²) in [7, 11) is 0. The topological polar surface area (TPSA) is 49.4 Å². The molecule has 6 heteroatoms. The van der Waals surface area contributed by atoms with Crippen molar-refractivity contribution in [2.45, 2.75) is 50.6 Å². The monoisotopic (exact) mass is 452 g/mol. The van der Waals surface area contributed by atoms with E-state index < -0.39 is 6.04 Å². The number of amides is 2. The Labute approximate surface area is 191 Å².